The molecule has 0 spiro atoms. The van der Waals surface area contributed by atoms with Gasteiger partial charge in [-0.3, -0.25) is 4.79 Å². The third-order valence-electron chi connectivity index (χ3n) is 4.42. The highest BCUT2D eigenvalue weighted by molar-refractivity contribution is 7.89. The van der Waals surface area contributed by atoms with Gasteiger partial charge in [0.1, 0.15) is 16.4 Å². The Bertz CT molecular complexity index is 934. The molecule has 0 unspecified atom stereocenters. The second-order valence-corrected chi connectivity index (χ2v) is 8.54. The fourth-order valence-electron chi connectivity index (χ4n) is 2.77. The van der Waals surface area contributed by atoms with Crippen molar-refractivity contribution in [3.63, 3.8) is 0 Å². The van der Waals surface area contributed by atoms with Gasteiger partial charge in [-0.15, -0.1) is 0 Å². The van der Waals surface area contributed by atoms with Crippen molar-refractivity contribution in [3.05, 3.63) is 52.6 Å². The van der Waals surface area contributed by atoms with E-state index in [1.807, 2.05) is 0 Å². The van der Waals surface area contributed by atoms with E-state index >= 15 is 0 Å². The second-order valence-electron chi connectivity index (χ2n) is 6.24. The van der Waals surface area contributed by atoms with Crippen LogP contribution in [0, 0.1) is 5.82 Å². The van der Waals surface area contributed by atoms with Crippen molar-refractivity contribution < 1.29 is 17.6 Å². The maximum absolute atomic E-state index is 14.1. The number of halogens is 2. The molecule has 3 rings (SSSR count). The standard InChI is InChI=1S/C17H19ClFN3O3S/c1-20-26(24,25)12-8-16(21(2)9-12)17(23)22(11-6-7-11)10-13-14(18)4-3-5-15(13)19/h3-5,8-9,11,20H,6-7,10H2,1-2H3. The predicted octanol–water partition coefficient (Wildman–Crippen LogP) is 2.53. The highest BCUT2D eigenvalue weighted by Crippen LogP contribution is 2.32. The van der Waals surface area contributed by atoms with Crippen molar-refractivity contribution in [2.45, 2.75) is 30.3 Å². The molecule has 0 saturated heterocycles. The number of aryl methyl sites for hydroxylation is 1. The Labute approximate surface area is 156 Å². The van der Waals surface area contributed by atoms with Gasteiger partial charge in [0.25, 0.3) is 5.91 Å². The minimum absolute atomic E-state index is 0.00238. The summed E-state index contributed by atoms with van der Waals surface area (Å²) in [6, 6.07) is 5.72. The van der Waals surface area contributed by atoms with Crippen LogP contribution in [0.25, 0.3) is 0 Å². The van der Waals surface area contributed by atoms with Gasteiger partial charge in [0.05, 0.1) is 6.54 Å². The van der Waals surface area contributed by atoms with Gasteiger partial charge in [-0.2, -0.15) is 0 Å². The minimum atomic E-state index is -3.66. The molecule has 1 amide bonds. The number of carbonyl (C=O) groups is 1. The molecule has 1 aliphatic carbocycles. The van der Waals surface area contributed by atoms with Crippen molar-refractivity contribution >= 4 is 27.5 Å². The predicted molar refractivity (Wildman–Crippen MR) is 96.0 cm³/mol. The van der Waals surface area contributed by atoms with Crippen LogP contribution in [0.5, 0.6) is 0 Å². The van der Waals surface area contributed by atoms with Crippen LogP contribution in [0.1, 0.15) is 28.9 Å². The molecule has 140 valence electrons. The minimum Gasteiger partial charge on any atom is -0.345 e. The van der Waals surface area contributed by atoms with Gasteiger partial charge in [0, 0.05) is 29.9 Å². The van der Waals surface area contributed by atoms with Crippen LogP contribution >= 0.6 is 11.6 Å². The van der Waals surface area contributed by atoms with E-state index in [0.717, 1.165) is 12.8 Å². The van der Waals surface area contributed by atoms with E-state index < -0.39 is 15.8 Å². The van der Waals surface area contributed by atoms with Crippen LogP contribution in [0.3, 0.4) is 0 Å². The van der Waals surface area contributed by atoms with Crippen molar-refractivity contribution in [3.8, 4) is 0 Å². The van der Waals surface area contributed by atoms with Gasteiger partial charge in [0.2, 0.25) is 10.0 Å². The molecule has 0 atom stereocenters. The van der Waals surface area contributed by atoms with Crippen LogP contribution < -0.4 is 4.72 Å². The normalized spacial score (nSPS) is 14.5. The average molecular weight is 400 g/mol. The number of carbonyl (C=O) groups excluding carboxylic acids is 1. The van der Waals surface area contributed by atoms with E-state index in [2.05, 4.69) is 4.72 Å². The van der Waals surface area contributed by atoms with Crippen LogP contribution in [-0.2, 0) is 23.6 Å². The Morgan fingerprint density at radius 2 is 2.12 bits per heavy atom. The Morgan fingerprint density at radius 1 is 1.42 bits per heavy atom. The summed E-state index contributed by atoms with van der Waals surface area (Å²) in [6.07, 6.45) is 3.02. The molecule has 1 aromatic heterocycles. The molecule has 9 heteroatoms. The maximum atomic E-state index is 14.1. The number of hydrogen-bond acceptors (Lipinski definition) is 3. The highest BCUT2D eigenvalue weighted by atomic mass is 35.5. The quantitative estimate of drug-likeness (QED) is 0.811. The second kappa shape index (κ2) is 7.02. The average Bonchev–Trinajstić information content (AvgIpc) is 3.35. The molecule has 0 radical (unpaired) electrons. The zero-order chi connectivity index (χ0) is 19.1. The summed E-state index contributed by atoms with van der Waals surface area (Å²) in [5, 5.41) is 0.258. The summed E-state index contributed by atoms with van der Waals surface area (Å²) in [4.78, 5) is 14.6. The molecule has 1 N–H and O–H groups in total. The Hall–Kier alpha value is -1.90. The first-order valence-electron chi connectivity index (χ1n) is 8.08. The molecule has 1 fully saturated rings. The van der Waals surface area contributed by atoms with Gasteiger partial charge >= 0.3 is 0 Å². The number of hydrogen-bond donors (Lipinski definition) is 1. The van der Waals surface area contributed by atoms with Gasteiger partial charge in [0.15, 0.2) is 0 Å². The van der Waals surface area contributed by atoms with E-state index in [1.165, 1.54) is 36.0 Å². The molecular weight excluding hydrogens is 381 g/mol. The van der Waals surface area contributed by atoms with Crippen LogP contribution in [-0.4, -0.2) is 36.9 Å². The lowest BCUT2D eigenvalue weighted by atomic mass is 10.2. The Kier molecular flexibility index (Phi) is 5.09. The monoisotopic (exact) mass is 399 g/mol. The molecule has 2 aromatic rings. The van der Waals surface area contributed by atoms with E-state index in [0.29, 0.717) is 0 Å². The summed E-state index contributed by atoms with van der Waals surface area (Å²) in [5.41, 5.74) is 0.477. The van der Waals surface area contributed by atoms with E-state index in [9.17, 15) is 17.6 Å². The number of aromatic nitrogens is 1. The number of rotatable bonds is 6. The van der Waals surface area contributed by atoms with E-state index in [4.69, 9.17) is 11.6 Å². The zero-order valence-corrected chi connectivity index (χ0v) is 15.9. The lowest BCUT2D eigenvalue weighted by Crippen LogP contribution is -2.34. The molecule has 0 bridgehead atoms. The van der Waals surface area contributed by atoms with Crippen molar-refractivity contribution in [1.82, 2.24) is 14.2 Å². The fourth-order valence-corrected chi connectivity index (χ4v) is 3.79. The number of amides is 1. The van der Waals surface area contributed by atoms with Gasteiger partial charge in [-0.05, 0) is 38.1 Å². The summed E-state index contributed by atoms with van der Waals surface area (Å²) in [6.45, 7) is 0.0360. The van der Waals surface area contributed by atoms with Gasteiger partial charge in [-0.1, -0.05) is 17.7 Å². The summed E-state index contributed by atoms with van der Waals surface area (Å²) < 4.78 is 41.8. The highest BCUT2D eigenvalue weighted by Gasteiger charge is 2.35. The lowest BCUT2D eigenvalue weighted by molar-refractivity contribution is 0.0718. The molecule has 1 aliphatic rings. The first-order chi connectivity index (χ1) is 12.2. The zero-order valence-electron chi connectivity index (χ0n) is 14.4. The molecule has 1 saturated carbocycles. The molecule has 1 heterocycles. The maximum Gasteiger partial charge on any atom is 0.271 e. The van der Waals surface area contributed by atoms with Crippen molar-refractivity contribution in [2.75, 3.05) is 7.05 Å². The summed E-state index contributed by atoms with van der Waals surface area (Å²) in [5.74, 6) is -0.826. The van der Waals surface area contributed by atoms with Crippen molar-refractivity contribution in [1.29, 1.82) is 0 Å². The third kappa shape index (κ3) is 3.62. The summed E-state index contributed by atoms with van der Waals surface area (Å²) >= 11 is 6.09. The van der Waals surface area contributed by atoms with Crippen molar-refractivity contribution in [2.24, 2.45) is 7.05 Å². The Morgan fingerprint density at radius 3 is 2.69 bits per heavy atom. The van der Waals surface area contributed by atoms with Crippen LogP contribution in [0.4, 0.5) is 4.39 Å². The molecular formula is C17H19ClFN3O3S. The van der Waals surface area contributed by atoms with E-state index in [1.54, 1.807) is 18.0 Å². The lowest BCUT2D eigenvalue weighted by Gasteiger charge is -2.23. The van der Waals surface area contributed by atoms with Crippen LogP contribution in [0.15, 0.2) is 35.4 Å². The fraction of sp³-hybridized carbons (Fsp3) is 0.353. The SMILES string of the molecule is CNS(=O)(=O)c1cc(C(=O)N(Cc2c(F)cccc2Cl)C2CC2)n(C)c1. The first kappa shape index (κ1) is 18.9. The van der Waals surface area contributed by atoms with Gasteiger partial charge < -0.3 is 9.47 Å². The van der Waals surface area contributed by atoms with Crippen LogP contribution in [0.2, 0.25) is 5.02 Å². The molecule has 0 aliphatic heterocycles. The Balaban J connectivity index is 1.94. The molecule has 26 heavy (non-hydrogen) atoms. The number of sulfonamides is 1. The third-order valence-corrected chi connectivity index (χ3v) is 6.15. The number of nitrogens with zero attached hydrogens (tertiary/aromatic N) is 2. The number of nitrogens with one attached hydrogen (secondary N) is 1. The largest absolute Gasteiger partial charge is 0.345 e. The summed E-state index contributed by atoms with van der Waals surface area (Å²) in [7, 11) is -0.752. The van der Waals surface area contributed by atoms with Gasteiger partial charge in [-0.25, -0.2) is 17.5 Å². The molecule has 6 nitrogen and oxygen atoms in total. The first-order valence-corrected chi connectivity index (χ1v) is 9.94. The molecule has 1 aromatic carbocycles. The smallest absolute Gasteiger partial charge is 0.271 e. The number of benzene rings is 1. The topological polar surface area (TPSA) is 71.4 Å². The van der Waals surface area contributed by atoms with E-state index in [-0.39, 0.29) is 39.7 Å².